The molecule has 5 heterocycles. The van der Waals surface area contributed by atoms with E-state index in [2.05, 4.69) is 182 Å². The Morgan fingerprint density at radius 3 is 1.98 bits per heavy atom. The highest BCUT2D eigenvalue weighted by molar-refractivity contribution is 7.25. The van der Waals surface area contributed by atoms with E-state index in [1.807, 2.05) is 23.5 Å². The van der Waals surface area contributed by atoms with Crippen molar-refractivity contribution in [3.8, 4) is 22.9 Å². The van der Waals surface area contributed by atoms with Gasteiger partial charge in [0.05, 0.1) is 33.1 Å². The molecule has 14 rings (SSSR count). The van der Waals surface area contributed by atoms with Crippen molar-refractivity contribution in [3.63, 3.8) is 0 Å². The van der Waals surface area contributed by atoms with E-state index in [0.717, 1.165) is 62.6 Å². The van der Waals surface area contributed by atoms with Crippen LogP contribution in [0.15, 0.2) is 162 Å². The van der Waals surface area contributed by atoms with E-state index in [0.29, 0.717) is 11.7 Å². The molecule has 0 unspecified atom stereocenters. The maximum Gasteiger partial charge on any atom is 0.238 e. The molecular weight excluding hydrogens is 801 g/mol. The van der Waals surface area contributed by atoms with Crippen molar-refractivity contribution in [1.29, 1.82) is 0 Å². The predicted octanol–water partition coefficient (Wildman–Crippen LogP) is 16.1. The van der Waals surface area contributed by atoms with Gasteiger partial charge in [-0.15, -0.1) is 11.3 Å². The third-order valence-corrected chi connectivity index (χ3v) is 15.7. The van der Waals surface area contributed by atoms with Gasteiger partial charge in [0.2, 0.25) is 11.7 Å². The molecule has 0 radical (unpaired) electrons. The zero-order chi connectivity index (χ0) is 42.6. The highest BCUT2D eigenvalue weighted by Gasteiger charge is 2.38. The summed E-state index contributed by atoms with van der Waals surface area (Å²) in [6, 6.07) is 57.7. The molecule has 1 aliphatic rings. The number of thiophene rings is 1. The summed E-state index contributed by atoms with van der Waals surface area (Å²) >= 11 is 1.82. The van der Waals surface area contributed by atoms with Crippen LogP contribution in [0.2, 0.25) is 0 Å². The summed E-state index contributed by atoms with van der Waals surface area (Å²) in [6.07, 6.45) is 2.31. The van der Waals surface area contributed by atoms with Gasteiger partial charge in [-0.3, -0.25) is 4.57 Å². The van der Waals surface area contributed by atoms with Crippen LogP contribution in [-0.4, -0.2) is 19.1 Å². The van der Waals surface area contributed by atoms with Gasteiger partial charge < -0.3 is 8.98 Å². The minimum atomic E-state index is 0.0587. The van der Waals surface area contributed by atoms with E-state index >= 15 is 0 Å². The summed E-state index contributed by atoms with van der Waals surface area (Å²) in [5.74, 6) is 0.583. The lowest BCUT2D eigenvalue weighted by atomic mass is 9.63. The summed E-state index contributed by atoms with van der Waals surface area (Å²) in [5, 5.41) is 11.7. The minimum Gasteiger partial charge on any atom is -0.437 e. The zero-order valence-corrected chi connectivity index (χ0v) is 36.8. The first-order valence-electron chi connectivity index (χ1n) is 22.4. The maximum absolute atomic E-state index is 6.69. The molecule has 0 fully saturated rings. The Kier molecular flexibility index (Phi) is 7.18. The van der Waals surface area contributed by atoms with E-state index in [1.165, 1.54) is 69.3 Å². The van der Waals surface area contributed by atoms with Crippen LogP contribution in [0.4, 0.5) is 0 Å². The van der Waals surface area contributed by atoms with Crippen molar-refractivity contribution in [2.24, 2.45) is 0 Å². The first kappa shape index (κ1) is 36.2. The number of fused-ring (bicyclic) bond motifs is 15. The average Bonchev–Trinajstić information content (AvgIpc) is 4.06. The highest BCUT2D eigenvalue weighted by Crippen LogP contribution is 2.50. The molecule has 8 aromatic carbocycles. The lowest BCUT2D eigenvalue weighted by Crippen LogP contribution is -2.33. The van der Waals surface area contributed by atoms with E-state index in [1.54, 1.807) is 0 Å². The molecule has 5 aromatic heterocycles. The van der Waals surface area contributed by atoms with Crippen LogP contribution in [0.1, 0.15) is 51.7 Å². The van der Waals surface area contributed by atoms with E-state index < -0.39 is 0 Å². The van der Waals surface area contributed by atoms with Gasteiger partial charge in [-0.2, -0.15) is 4.98 Å². The Morgan fingerprint density at radius 1 is 0.484 bits per heavy atom. The SMILES string of the molecule is CC1(C)CCC(C)(C)c2cc3c(cc21)c1cc2c(cc1n3-c1ccccc1)c1c3ccccc3ccc1n2-c1nc(-c2ccc3c(c2)sc2ccccc23)c2c(n1)oc1ccccc12. The van der Waals surface area contributed by atoms with Gasteiger partial charge >= 0.3 is 0 Å². The van der Waals surface area contributed by atoms with Gasteiger partial charge in [0, 0.05) is 58.4 Å². The molecule has 0 aliphatic heterocycles. The molecule has 0 atom stereocenters. The molecule has 306 valence electrons. The molecule has 13 aromatic rings. The highest BCUT2D eigenvalue weighted by atomic mass is 32.1. The fourth-order valence-electron chi connectivity index (χ4n) is 11.2. The van der Waals surface area contributed by atoms with Gasteiger partial charge in [0.25, 0.3) is 0 Å². The van der Waals surface area contributed by atoms with Crippen LogP contribution in [0.5, 0.6) is 0 Å². The van der Waals surface area contributed by atoms with Gasteiger partial charge in [-0.25, -0.2) is 4.98 Å². The Hall–Kier alpha value is -7.28. The number of hydrogen-bond acceptors (Lipinski definition) is 4. The number of rotatable bonds is 3. The second-order valence-electron chi connectivity index (χ2n) is 19.2. The monoisotopic (exact) mass is 842 g/mol. The summed E-state index contributed by atoms with van der Waals surface area (Å²) in [6.45, 7) is 9.69. The summed E-state index contributed by atoms with van der Waals surface area (Å²) in [5.41, 5.74) is 12.0. The quantitative estimate of drug-likeness (QED) is 0.178. The Bertz CT molecular complexity index is 4140. The molecule has 0 saturated heterocycles. The molecule has 0 bridgehead atoms. The van der Waals surface area contributed by atoms with Crippen LogP contribution in [0.3, 0.4) is 0 Å². The van der Waals surface area contributed by atoms with Crippen molar-refractivity contribution in [2.75, 3.05) is 0 Å². The first-order chi connectivity index (χ1) is 31.2. The molecule has 6 heteroatoms. The normalized spacial score (nSPS) is 15.0. The van der Waals surface area contributed by atoms with Gasteiger partial charge in [0.15, 0.2) is 0 Å². The topological polar surface area (TPSA) is 48.8 Å². The molecule has 0 saturated carbocycles. The lowest BCUT2D eigenvalue weighted by Gasteiger charge is -2.42. The lowest BCUT2D eigenvalue weighted by molar-refractivity contribution is 0.332. The zero-order valence-electron chi connectivity index (χ0n) is 36.0. The van der Waals surface area contributed by atoms with E-state index in [-0.39, 0.29) is 10.8 Å². The van der Waals surface area contributed by atoms with Crippen molar-refractivity contribution in [3.05, 3.63) is 169 Å². The van der Waals surface area contributed by atoms with Crippen molar-refractivity contribution in [1.82, 2.24) is 19.1 Å². The van der Waals surface area contributed by atoms with Crippen LogP contribution in [0, 0.1) is 0 Å². The van der Waals surface area contributed by atoms with E-state index in [4.69, 9.17) is 14.4 Å². The largest absolute Gasteiger partial charge is 0.437 e. The number of para-hydroxylation sites is 2. The summed E-state index contributed by atoms with van der Waals surface area (Å²) < 4.78 is 14.0. The second kappa shape index (κ2) is 12.7. The van der Waals surface area contributed by atoms with Crippen LogP contribution in [-0.2, 0) is 10.8 Å². The molecule has 5 nitrogen and oxygen atoms in total. The van der Waals surface area contributed by atoms with Gasteiger partial charge in [0.1, 0.15) is 5.58 Å². The fraction of sp³-hybridized carbons (Fsp3) is 0.138. The van der Waals surface area contributed by atoms with Crippen molar-refractivity contribution >= 4 is 108 Å². The van der Waals surface area contributed by atoms with Crippen molar-refractivity contribution < 1.29 is 4.42 Å². The van der Waals surface area contributed by atoms with Gasteiger partial charge in [-0.1, -0.05) is 125 Å². The number of benzene rings is 8. The number of hydrogen-bond donors (Lipinski definition) is 0. The second-order valence-corrected chi connectivity index (χ2v) is 20.3. The number of aromatic nitrogens is 4. The Labute approximate surface area is 372 Å². The molecule has 64 heavy (non-hydrogen) atoms. The standard InChI is InChI=1S/C58H42N4OS/c1-57(2)26-27-58(3,4)44-32-48-40(29-43(44)57)41-30-47-42(31-46(41)61(48)35-15-6-5-7-16-35)52-36-17-9-8-14-33(36)23-25-45(52)62(47)56-59-54(53-39-19-10-12-20-49(39)63-55(53)60-56)34-22-24-38-37-18-11-13-21-50(37)64-51(38)28-34/h5-25,28-32H,26-27H2,1-4H3. The number of nitrogens with zero attached hydrogens (tertiary/aromatic N) is 4. The number of furan rings is 1. The summed E-state index contributed by atoms with van der Waals surface area (Å²) in [7, 11) is 0. The third kappa shape index (κ3) is 4.94. The first-order valence-corrected chi connectivity index (χ1v) is 23.2. The van der Waals surface area contributed by atoms with Crippen LogP contribution < -0.4 is 0 Å². The Morgan fingerprint density at radius 2 is 1.14 bits per heavy atom. The molecule has 0 N–H and O–H groups in total. The maximum atomic E-state index is 6.69. The predicted molar refractivity (Wildman–Crippen MR) is 269 cm³/mol. The van der Waals surface area contributed by atoms with Crippen LogP contribution >= 0.6 is 11.3 Å². The molecule has 0 amide bonds. The van der Waals surface area contributed by atoms with E-state index in [9.17, 15) is 0 Å². The Balaban J connectivity index is 1.13. The molecular formula is C58H42N4OS. The van der Waals surface area contributed by atoms with Crippen molar-refractivity contribution in [2.45, 2.75) is 51.4 Å². The molecule has 1 aliphatic carbocycles. The third-order valence-electron chi connectivity index (χ3n) is 14.6. The molecule has 0 spiro atoms. The fourth-order valence-corrected chi connectivity index (χ4v) is 12.4. The minimum absolute atomic E-state index is 0.0587. The van der Waals surface area contributed by atoms with Crippen LogP contribution in [0.25, 0.3) is 120 Å². The average molecular weight is 843 g/mol. The van der Waals surface area contributed by atoms with Gasteiger partial charge in [-0.05, 0) is 106 Å². The smallest absolute Gasteiger partial charge is 0.238 e. The summed E-state index contributed by atoms with van der Waals surface area (Å²) in [4.78, 5) is 11.0.